The van der Waals surface area contributed by atoms with E-state index in [1.54, 1.807) is 12.1 Å². The molecule has 1 amide bonds. The van der Waals surface area contributed by atoms with Gasteiger partial charge in [-0.05, 0) is 43.2 Å². The van der Waals surface area contributed by atoms with E-state index < -0.39 is 0 Å². The largest absolute Gasteiger partial charge is 0.348 e. The Labute approximate surface area is 185 Å². The van der Waals surface area contributed by atoms with E-state index in [1.165, 1.54) is 5.56 Å². The lowest BCUT2D eigenvalue weighted by molar-refractivity contribution is 0.0952. The lowest BCUT2D eigenvalue weighted by atomic mass is 9.96. The average molecular weight is 435 g/mol. The molecule has 3 nitrogen and oxygen atoms in total. The van der Waals surface area contributed by atoms with Crippen LogP contribution < -0.4 is 5.32 Å². The topological polar surface area (TPSA) is 42.0 Å². The minimum Gasteiger partial charge on any atom is -0.348 e. The van der Waals surface area contributed by atoms with Crippen LogP contribution in [-0.4, -0.2) is 10.9 Å². The van der Waals surface area contributed by atoms with Gasteiger partial charge in [0.05, 0.1) is 26.8 Å². The highest BCUT2D eigenvalue weighted by Gasteiger charge is 2.18. The number of hydrogen-bond donors (Lipinski definition) is 1. The van der Waals surface area contributed by atoms with Gasteiger partial charge in [-0.3, -0.25) is 4.79 Å². The summed E-state index contributed by atoms with van der Waals surface area (Å²) in [6.07, 6.45) is 0. The molecule has 0 radical (unpaired) electrons. The van der Waals surface area contributed by atoms with Crippen molar-refractivity contribution < 1.29 is 4.79 Å². The Morgan fingerprint density at radius 1 is 0.933 bits per heavy atom. The lowest BCUT2D eigenvalue weighted by Gasteiger charge is -2.15. The number of carbonyl (C=O) groups is 1. The van der Waals surface area contributed by atoms with Gasteiger partial charge in [-0.2, -0.15) is 0 Å². The number of rotatable bonds is 4. The number of carbonyl (C=O) groups excluding carboxylic acids is 1. The molecule has 1 heterocycles. The van der Waals surface area contributed by atoms with Crippen LogP contribution >= 0.6 is 23.2 Å². The molecule has 150 valence electrons. The summed E-state index contributed by atoms with van der Waals surface area (Å²) in [6, 6.07) is 21.2. The number of fused-ring (bicyclic) bond motifs is 1. The van der Waals surface area contributed by atoms with Crippen molar-refractivity contribution >= 4 is 40.0 Å². The molecule has 0 atom stereocenters. The number of hydrogen-bond acceptors (Lipinski definition) is 2. The first kappa shape index (κ1) is 20.4. The van der Waals surface area contributed by atoms with Gasteiger partial charge in [-0.1, -0.05) is 77.3 Å². The molecule has 1 aromatic heterocycles. The van der Waals surface area contributed by atoms with Gasteiger partial charge in [0, 0.05) is 17.5 Å². The van der Waals surface area contributed by atoms with Gasteiger partial charge in [0.15, 0.2) is 0 Å². The first-order valence-electron chi connectivity index (χ1n) is 9.62. The van der Waals surface area contributed by atoms with E-state index >= 15 is 0 Å². The molecule has 0 bridgehead atoms. The fraction of sp³-hybridized carbons (Fsp3) is 0.120. The molecule has 5 heteroatoms. The van der Waals surface area contributed by atoms with Crippen molar-refractivity contribution in [2.75, 3.05) is 0 Å². The maximum absolute atomic E-state index is 13.2. The minimum absolute atomic E-state index is 0.148. The zero-order valence-corrected chi connectivity index (χ0v) is 18.2. The molecule has 0 spiro atoms. The summed E-state index contributed by atoms with van der Waals surface area (Å²) >= 11 is 12.1. The number of benzene rings is 3. The Balaban J connectivity index is 1.74. The third-order valence-corrected chi connectivity index (χ3v) is 5.86. The van der Waals surface area contributed by atoms with E-state index in [2.05, 4.69) is 17.4 Å². The van der Waals surface area contributed by atoms with Crippen LogP contribution in [0, 0.1) is 13.8 Å². The second-order valence-electron chi connectivity index (χ2n) is 7.27. The molecule has 0 aliphatic carbocycles. The summed E-state index contributed by atoms with van der Waals surface area (Å²) in [4.78, 5) is 18.1. The van der Waals surface area contributed by atoms with Crippen LogP contribution in [-0.2, 0) is 6.54 Å². The van der Waals surface area contributed by atoms with E-state index in [1.807, 2.05) is 56.3 Å². The maximum atomic E-state index is 13.2. The van der Waals surface area contributed by atoms with Crippen LogP contribution in [0.4, 0.5) is 0 Å². The molecule has 0 aliphatic rings. The van der Waals surface area contributed by atoms with Crippen molar-refractivity contribution in [1.82, 2.24) is 10.3 Å². The molecule has 0 saturated heterocycles. The average Bonchev–Trinajstić information content (AvgIpc) is 2.74. The second-order valence-corrected chi connectivity index (χ2v) is 8.09. The molecular weight excluding hydrogens is 415 g/mol. The van der Waals surface area contributed by atoms with Gasteiger partial charge in [0.25, 0.3) is 5.91 Å². The van der Waals surface area contributed by atoms with Crippen molar-refractivity contribution in [3.8, 4) is 11.3 Å². The summed E-state index contributed by atoms with van der Waals surface area (Å²) in [6.45, 7) is 4.35. The summed E-state index contributed by atoms with van der Waals surface area (Å²) in [5.74, 6) is -0.148. The van der Waals surface area contributed by atoms with Crippen molar-refractivity contribution in [1.29, 1.82) is 0 Å². The number of aryl methyl sites for hydroxylation is 1. The van der Waals surface area contributed by atoms with E-state index in [0.29, 0.717) is 22.2 Å². The minimum atomic E-state index is -0.148. The van der Waals surface area contributed by atoms with Crippen molar-refractivity contribution in [3.63, 3.8) is 0 Å². The summed E-state index contributed by atoms with van der Waals surface area (Å²) < 4.78 is 0. The second kappa shape index (κ2) is 8.47. The normalized spacial score (nSPS) is 10.9. The number of amides is 1. The third-order valence-electron chi connectivity index (χ3n) is 5.12. The number of aromatic nitrogens is 1. The van der Waals surface area contributed by atoms with Gasteiger partial charge in [-0.15, -0.1) is 0 Å². The Bertz CT molecular complexity index is 1250. The molecule has 4 rings (SSSR count). The molecule has 0 unspecified atom stereocenters. The summed E-state index contributed by atoms with van der Waals surface area (Å²) in [5, 5.41) is 4.80. The number of nitrogens with zero attached hydrogens (tertiary/aromatic N) is 1. The zero-order valence-electron chi connectivity index (χ0n) is 16.7. The van der Waals surface area contributed by atoms with Gasteiger partial charge in [0.1, 0.15) is 0 Å². The van der Waals surface area contributed by atoms with Crippen molar-refractivity contribution in [2.45, 2.75) is 20.4 Å². The summed E-state index contributed by atoms with van der Waals surface area (Å²) in [5.41, 5.74) is 6.14. The van der Waals surface area contributed by atoms with Crippen LogP contribution in [0.1, 0.15) is 27.0 Å². The molecule has 30 heavy (non-hydrogen) atoms. The first-order chi connectivity index (χ1) is 14.4. The number of pyridine rings is 1. The predicted octanol–water partition coefficient (Wildman–Crippen LogP) is 6.76. The van der Waals surface area contributed by atoms with E-state index in [4.69, 9.17) is 28.2 Å². The van der Waals surface area contributed by atoms with Gasteiger partial charge in [0.2, 0.25) is 0 Å². The molecule has 0 aliphatic heterocycles. The molecule has 0 saturated carbocycles. The highest BCUT2D eigenvalue weighted by molar-refractivity contribution is 6.42. The molecule has 1 N–H and O–H groups in total. The smallest absolute Gasteiger partial charge is 0.252 e. The Kier molecular flexibility index (Phi) is 5.76. The van der Waals surface area contributed by atoms with Crippen molar-refractivity contribution in [3.05, 3.63) is 99.0 Å². The quantitative estimate of drug-likeness (QED) is 0.385. The monoisotopic (exact) mass is 434 g/mol. The number of halogens is 2. The SMILES string of the molecule is Cc1ccc(-c2nc3ccccc3c(C(=O)NCc3ccc(Cl)c(Cl)c3)c2C)cc1. The summed E-state index contributed by atoms with van der Waals surface area (Å²) in [7, 11) is 0. The molecule has 4 aromatic rings. The first-order valence-corrected chi connectivity index (χ1v) is 10.4. The van der Waals surface area contributed by atoms with Crippen LogP contribution in [0.3, 0.4) is 0 Å². The molecule has 0 fully saturated rings. The van der Waals surface area contributed by atoms with Gasteiger partial charge in [-0.25, -0.2) is 4.98 Å². The molecule has 3 aromatic carbocycles. The van der Waals surface area contributed by atoms with Gasteiger partial charge >= 0.3 is 0 Å². The fourth-order valence-electron chi connectivity index (χ4n) is 3.51. The standard InChI is InChI=1S/C25H20Cl2N2O/c1-15-7-10-18(11-8-15)24-16(2)23(19-5-3-4-6-22(19)29-24)25(30)28-14-17-9-12-20(26)21(27)13-17/h3-13H,14H2,1-2H3,(H,28,30). The van der Waals surface area contributed by atoms with E-state index in [-0.39, 0.29) is 5.91 Å². The number of para-hydroxylation sites is 1. The Hall–Kier alpha value is -2.88. The van der Waals surface area contributed by atoms with Gasteiger partial charge < -0.3 is 5.32 Å². The van der Waals surface area contributed by atoms with E-state index in [9.17, 15) is 4.79 Å². The Morgan fingerprint density at radius 3 is 2.40 bits per heavy atom. The maximum Gasteiger partial charge on any atom is 0.252 e. The van der Waals surface area contributed by atoms with Crippen LogP contribution in [0.15, 0.2) is 66.7 Å². The zero-order chi connectivity index (χ0) is 21.3. The predicted molar refractivity (Wildman–Crippen MR) is 124 cm³/mol. The van der Waals surface area contributed by atoms with Crippen molar-refractivity contribution in [2.24, 2.45) is 0 Å². The number of nitrogens with one attached hydrogen (secondary N) is 1. The lowest BCUT2D eigenvalue weighted by Crippen LogP contribution is -2.24. The highest BCUT2D eigenvalue weighted by Crippen LogP contribution is 2.30. The third kappa shape index (κ3) is 4.04. The van der Waals surface area contributed by atoms with Crippen LogP contribution in [0.25, 0.3) is 22.2 Å². The Morgan fingerprint density at radius 2 is 1.67 bits per heavy atom. The van der Waals surface area contributed by atoms with Crippen LogP contribution in [0.2, 0.25) is 10.0 Å². The highest BCUT2D eigenvalue weighted by atomic mass is 35.5. The van der Waals surface area contributed by atoms with E-state index in [0.717, 1.165) is 33.3 Å². The molecular formula is C25H20Cl2N2O. The van der Waals surface area contributed by atoms with Crippen LogP contribution in [0.5, 0.6) is 0 Å². The fourth-order valence-corrected chi connectivity index (χ4v) is 3.83.